The Labute approximate surface area is 69.4 Å². The standard InChI is InChI=1S/C7H9N3O2/c1-10-7(8-4-9-10)5-2-3-6(11)12-5/h4-5H,2-3H2,1H3. The first-order valence-corrected chi connectivity index (χ1v) is 3.81. The van der Waals surface area contributed by atoms with Crippen LogP contribution in [0.1, 0.15) is 24.8 Å². The van der Waals surface area contributed by atoms with Crippen molar-refractivity contribution < 1.29 is 9.53 Å². The van der Waals surface area contributed by atoms with Crippen LogP contribution in [0.2, 0.25) is 0 Å². The summed E-state index contributed by atoms with van der Waals surface area (Å²) in [5.41, 5.74) is 0. The van der Waals surface area contributed by atoms with Gasteiger partial charge in [0.2, 0.25) is 0 Å². The summed E-state index contributed by atoms with van der Waals surface area (Å²) in [5.74, 6) is 0.573. The molecule has 1 aliphatic rings. The third-order valence-electron chi connectivity index (χ3n) is 1.92. The van der Waals surface area contributed by atoms with Gasteiger partial charge in [-0.1, -0.05) is 0 Å². The fraction of sp³-hybridized carbons (Fsp3) is 0.571. The van der Waals surface area contributed by atoms with Crippen LogP contribution in [0.3, 0.4) is 0 Å². The van der Waals surface area contributed by atoms with E-state index >= 15 is 0 Å². The second-order valence-electron chi connectivity index (χ2n) is 2.76. The molecule has 0 aliphatic carbocycles. The SMILES string of the molecule is Cn1ncnc1C1CCC(=O)O1. The average molecular weight is 167 g/mol. The molecule has 12 heavy (non-hydrogen) atoms. The van der Waals surface area contributed by atoms with Gasteiger partial charge in [-0.2, -0.15) is 5.10 Å². The Bertz CT molecular complexity index is 307. The van der Waals surface area contributed by atoms with Gasteiger partial charge in [0.25, 0.3) is 0 Å². The number of carbonyl (C=O) groups excluding carboxylic acids is 1. The van der Waals surface area contributed by atoms with Crippen LogP contribution < -0.4 is 0 Å². The van der Waals surface area contributed by atoms with Crippen molar-refractivity contribution in [2.45, 2.75) is 18.9 Å². The van der Waals surface area contributed by atoms with Crippen LogP contribution >= 0.6 is 0 Å². The van der Waals surface area contributed by atoms with Crippen molar-refractivity contribution in [3.8, 4) is 0 Å². The van der Waals surface area contributed by atoms with E-state index in [2.05, 4.69) is 10.1 Å². The fourth-order valence-electron chi connectivity index (χ4n) is 1.30. The first-order chi connectivity index (χ1) is 5.77. The first kappa shape index (κ1) is 7.27. The Morgan fingerprint density at radius 3 is 3.08 bits per heavy atom. The zero-order valence-corrected chi connectivity index (χ0v) is 6.73. The third-order valence-corrected chi connectivity index (χ3v) is 1.92. The number of rotatable bonds is 1. The molecule has 0 spiro atoms. The van der Waals surface area contributed by atoms with Gasteiger partial charge in [-0.25, -0.2) is 9.67 Å². The summed E-state index contributed by atoms with van der Waals surface area (Å²) in [5, 5.41) is 3.90. The molecule has 0 N–H and O–H groups in total. The Balaban J connectivity index is 2.21. The summed E-state index contributed by atoms with van der Waals surface area (Å²) in [6.07, 6.45) is 2.47. The molecule has 1 fully saturated rings. The molecular weight excluding hydrogens is 158 g/mol. The Kier molecular flexibility index (Phi) is 1.56. The quantitative estimate of drug-likeness (QED) is 0.560. The van der Waals surface area contributed by atoms with Crippen molar-refractivity contribution in [3.05, 3.63) is 12.2 Å². The number of nitrogens with zero attached hydrogens (tertiary/aromatic N) is 3. The molecule has 1 atom stereocenters. The van der Waals surface area contributed by atoms with Crippen molar-refractivity contribution in [1.82, 2.24) is 14.8 Å². The zero-order valence-electron chi connectivity index (χ0n) is 6.73. The lowest BCUT2D eigenvalue weighted by molar-refractivity contribution is -0.141. The van der Waals surface area contributed by atoms with Gasteiger partial charge < -0.3 is 4.74 Å². The van der Waals surface area contributed by atoms with Crippen LogP contribution in [-0.4, -0.2) is 20.7 Å². The molecule has 0 saturated carbocycles. The van der Waals surface area contributed by atoms with Crippen molar-refractivity contribution in [2.75, 3.05) is 0 Å². The summed E-state index contributed by atoms with van der Waals surface area (Å²) in [4.78, 5) is 14.8. The predicted octanol–water partition coefficient (Wildman–Crippen LogP) is 0.193. The molecule has 5 heteroatoms. The van der Waals surface area contributed by atoms with Crippen LogP contribution in [-0.2, 0) is 16.6 Å². The van der Waals surface area contributed by atoms with Crippen LogP contribution in [0.5, 0.6) is 0 Å². The predicted molar refractivity (Wildman–Crippen MR) is 39.1 cm³/mol. The van der Waals surface area contributed by atoms with E-state index in [-0.39, 0.29) is 12.1 Å². The highest BCUT2D eigenvalue weighted by Gasteiger charge is 2.27. The first-order valence-electron chi connectivity index (χ1n) is 3.81. The molecule has 64 valence electrons. The smallest absolute Gasteiger partial charge is 0.306 e. The molecule has 1 aliphatic heterocycles. The van der Waals surface area contributed by atoms with Gasteiger partial charge in [0.1, 0.15) is 6.33 Å². The summed E-state index contributed by atoms with van der Waals surface area (Å²) < 4.78 is 6.65. The third kappa shape index (κ3) is 1.07. The maximum Gasteiger partial charge on any atom is 0.306 e. The fourth-order valence-corrected chi connectivity index (χ4v) is 1.30. The molecule has 1 aromatic rings. The molecule has 2 rings (SSSR count). The Hall–Kier alpha value is -1.39. The van der Waals surface area contributed by atoms with Crippen molar-refractivity contribution in [1.29, 1.82) is 0 Å². The van der Waals surface area contributed by atoms with E-state index in [1.807, 2.05) is 0 Å². The van der Waals surface area contributed by atoms with E-state index in [0.29, 0.717) is 12.8 Å². The highest BCUT2D eigenvalue weighted by Crippen LogP contribution is 2.26. The summed E-state index contributed by atoms with van der Waals surface area (Å²) in [6.45, 7) is 0. The van der Waals surface area contributed by atoms with Crippen molar-refractivity contribution in [2.24, 2.45) is 7.05 Å². The molecular formula is C7H9N3O2. The number of hydrogen-bond acceptors (Lipinski definition) is 4. The summed E-state index contributed by atoms with van der Waals surface area (Å²) >= 11 is 0. The van der Waals surface area contributed by atoms with Gasteiger partial charge in [0.05, 0.1) is 0 Å². The van der Waals surface area contributed by atoms with Crippen molar-refractivity contribution in [3.63, 3.8) is 0 Å². The zero-order chi connectivity index (χ0) is 8.55. The maximum atomic E-state index is 10.8. The Morgan fingerprint density at radius 2 is 2.58 bits per heavy atom. The molecule has 5 nitrogen and oxygen atoms in total. The normalized spacial score (nSPS) is 22.8. The van der Waals surface area contributed by atoms with Crippen LogP contribution in [0.25, 0.3) is 0 Å². The number of carbonyl (C=O) groups is 1. The monoisotopic (exact) mass is 167 g/mol. The molecule has 0 amide bonds. The minimum atomic E-state index is -0.190. The molecule has 0 radical (unpaired) electrons. The van der Waals surface area contributed by atoms with E-state index in [4.69, 9.17) is 4.74 Å². The topological polar surface area (TPSA) is 57.0 Å². The van der Waals surface area contributed by atoms with Gasteiger partial charge in [0, 0.05) is 19.9 Å². The lowest BCUT2D eigenvalue weighted by Gasteiger charge is -2.06. The molecule has 1 saturated heterocycles. The van der Waals surface area contributed by atoms with E-state index in [0.717, 1.165) is 5.82 Å². The number of ether oxygens (including phenoxy) is 1. The van der Waals surface area contributed by atoms with Gasteiger partial charge in [0.15, 0.2) is 11.9 Å². The summed E-state index contributed by atoms with van der Waals surface area (Å²) in [7, 11) is 1.79. The number of hydrogen-bond donors (Lipinski definition) is 0. The van der Waals surface area contributed by atoms with E-state index in [1.54, 1.807) is 11.7 Å². The van der Waals surface area contributed by atoms with Gasteiger partial charge >= 0.3 is 5.97 Å². The maximum absolute atomic E-state index is 10.8. The number of cyclic esters (lactones) is 1. The van der Waals surface area contributed by atoms with E-state index in [9.17, 15) is 4.79 Å². The van der Waals surface area contributed by atoms with Gasteiger partial charge in [-0.05, 0) is 0 Å². The average Bonchev–Trinajstić information content (AvgIpc) is 2.58. The number of aromatic nitrogens is 3. The largest absolute Gasteiger partial charge is 0.454 e. The number of esters is 1. The molecule has 0 bridgehead atoms. The van der Waals surface area contributed by atoms with Crippen LogP contribution in [0, 0.1) is 0 Å². The Morgan fingerprint density at radius 1 is 1.75 bits per heavy atom. The molecule has 0 aromatic carbocycles. The minimum absolute atomic E-state index is 0.150. The summed E-state index contributed by atoms with van der Waals surface area (Å²) in [6, 6.07) is 0. The van der Waals surface area contributed by atoms with Gasteiger partial charge in [-0.3, -0.25) is 4.79 Å². The highest BCUT2D eigenvalue weighted by atomic mass is 16.5. The minimum Gasteiger partial charge on any atom is -0.454 e. The molecule has 1 unspecified atom stereocenters. The second kappa shape index (κ2) is 2.58. The lowest BCUT2D eigenvalue weighted by atomic mass is 10.2. The number of aryl methyl sites for hydroxylation is 1. The molecule has 1 aromatic heterocycles. The van der Waals surface area contributed by atoms with E-state index in [1.165, 1.54) is 6.33 Å². The molecule has 2 heterocycles. The van der Waals surface area contributed by atoms with Crippen LogP contribution in [0.15, 0.2) is 6.33 Å². The van der Waals surface area contributed by atoms with Crippen LogP contribution in [0.4, 0.5) is 0 Å². The van der Waals surface area contributed by atoms with Gasteiger partial charge in [-0.15, -0.1) is 0 Å². The van der Waals surface area contributed by atoms with Crippen molar-refractivity contribution >= 4 is 5.97 Å². The van der Waals surface area contributed by atoms with E-state index < -0.39 is 0 Å². The second-order valence-corrected chi connectivity index (χ2v) is 2.76. The lowest BCUT2D eigenvalue weighted by Crippen LogP contribution is -2.06. The highest BCUT2D eigenvalue weighted by molar-refractivity contribution is 5.71.